The minimum absolute atomic E-state index is 0.0790. The molecular weight excluding hydrogens is 372 g/mol. The fourth-order valence-electron chi connectivity index (χ4n) is 5.01. The Morgan fingerprint density at radius 1 is 0.581 bits per heavy atom. The number of benzene rings is 2. The molecule has 0 amide bonds. The van der Waals surface area contributed by atoms with Gasteiger partial charge >= 0.3 is 0 Å². The van der Waals surface area contributed by atoms with Crippen LogP contribution in [0, 0.1) is 0 Å². The molecule has 172 valence electrons. The molecule has 0 heterocycles. The molecule has 1 atom stereocenters. The summed E-state index contributed by atoms with van der Waals surface area (Å²) in [4.78, 5) is 0. The van der Waals surface area contributed by atoms with Gasteiger partial charge in [0.15, 0.2) is 0 Å². The summed E-state index contributed by atoms with van der Waals surface area (Å²) in [7, 11) is 0. The molecular formula is C31H48. The van der Waals surface area contributed by atoms with Crippen LogP contribution in [0.5, 0.6) is 0 Å². The number of hydrogen-bond acceptors (Lipinski definition) is 0. The van der Waals surface area contributed by atoms with Gasteiger partial charge in [-0.25, -0.2) is 0 Å². The summed E-state index contributed by atoms with van der Waals surface area (Å²) in [5, 5.41) is 0. The zero-order valence-corrected chi connectivity index (χ0v) is 22.7. The summed E-state index contributed by atoms with van der Waals surface area (Å²) in [6.45, 7) is 31.1. The first-order valence-corrected chi connectivity index (χ1v) is 12.1. The van der Waals surface area contributed by atoms with Crippen molar-refractivity contribution in [2.24, 2.45) is 0 Å². The van der Waals surface area contributed by atoms with Crippen molar-refractivity contribution in [2.45, 2.75) is 124 Å². The molecule has 0 N–H and O–H groups in total. The summed E-state index contributed by atoms with van der Waals surface area (Å²) < 4.78 is 0. The van der Waals surface area contributed by atoms with Gasteiger partial charge in [-0.15, -0.1) is 0 Å². The van der Waals surface area contributed by atoms with Crippen LogP contribution in [0.15, 0.2) is 36.4 Å². The molecule has 0 radical (unpaired) electrons. The van der Waals surface area contributed by atoms with Gasteiger partial charge in [0.2, 0.25) is 0 Å². The van der Waals surface area contributed by atoms with Crippen LogP contribution in [-0.4, -0.2) is 0 Å². The Kier molecular flexibility index (Phi) is 6.98. The molecule has 1 unspecified atom stereocenters. The summed E-state index contributed by atoms with van der Waals surface area (Å²) in [6.07, 6.45) is 1.08. The van der Waals surface area contributed by atoms with Crippen molar-refractivity contribution in [3.8, 4) is 0 Å². The predicted octanol–water partition coefficient (Wildman–Crippen LogP) is 9.22. The normalized spacial score (nSPS) is 14.6. The fraction of sp³-hybridized carbons (Fsp3) is 0.613. The first kappa shape index (κ1) is 25.7. The monoisotopic (exact) mass is 420 g/mol. The zero-order valence-electron chi connectivity index (χ0n) is 22.7. The molecule has 0 saturated carbocycles. The average Bonchev–Trinajstić information content (AvgIpc) is 2.58. The Bertz CT molecular complexity index is 885. The van der Waals surface area contributed by atoms with Gasteiger partial charge in [-0.1, -0.05) is 126 Å². The van der Waals surface area contributed by atoms with E-state index in [4.69, 9.17) is 0 Å². The van der Waals surface area contributed by atoms with Crippen LogP contribution in [0.3, 0.4) is 0 Å². The van der Waals surface area contributed by atoms with Gasteiger partial charge in [0.05, 0.1) is 0 Å². The highest BCUT2D eigenvalue weighted by molar-refractivity contribution is 5.56. The summed E-state index contributed by atoms with van der Waals surface area (Å²) >= 11 is 0. The molecule has 31 heavy (non-hydrogen) atoms. The first-order chi connectivity index (χ1) is 13.8. The fourth-order valence-corrected chi connectivity index (χ4v) is 5.01. The highest BCUT2D eigenvalue weighted by atomic mass is 14.4. The maximum Gasteiger partial charge on any atom is -0.0126 e. The lowest BCUT2D eigenvalue weighted by Gasteiger charge is -2.41. The predicted molar refractivity (Wildman–Crippen MR) is 140 cm³/mol. The molecule has 2 rings (SSSR count). The highest BCUT2D eigenvalue weighted by Crippen LogP contribution is 2.47. The van der Waals surface area contributed by atoms with Crippen LogP contribution in [-0.2, 0) is 28.1 Å². The van der Waals surface area contributed by atoms with Gasteiger partial charge in [-0.05, 0) is 67.4 Å². The van der Waals surface area contributed by atoms with Crippen molar-refractivity contribution < 1.29 is 0 Å². The topological polar surface area (TPSA) is 0 Å². The second-order valence-corrected chi connectivity index (χ2v) is 13.7. The van der Waals surface area contributed by atoms with Crippen molar-refractivity contribution in [1.82, 2.24) is 0 Å². The van der Waals surface area contributed by atoms with E-state index >= 15 is 0 Å². The highest BCUT2D eigenvalue weighted by Gasteiger charge is 2.37. The van der Waals surface area contributed by atoms with Gasteiger partial charge in [0, 0.05) is 0 Å². The summed E-state index contributed by atoms with van der Waals surface area (Å²) in [6, 6.07) is 13.6. The van der Waals surface area contributed by atoms with E-state index in [1.807, 2.05) is 0 Å². The third-order valence-corrected chi connectivity index (χ3v) is 6.43. The van der Waals surface area contributed by atoms with Gasteiger partial charge in [-0.3, -0.25) is 0 Å². The lowest BCUT2D eigenvalue weighted by molar-refractivity contribution is 0.482. The van der Waals surface area contributed by atoms with Crippen LogP contribution in [0.25, 0.3) is 0 Å². The Hall–Kier alpha value is -1.56. The molecule has 0 aliphatic heterocycles. The van der Waals surface area contributed by atoms with Gasteiger partial charge in [-0.2, -0.15) is 0 Å². The Labute approximate surface area is 193 Å². The van der Waals surface area contributed by atoms with Crippen LogP contribution in [0.1, 0.15) is 129 Å². The standard InChI is InChI=1S/C31H48/c1-21(22-17-15-14-16-18-22)19-23-24(28(2,3)4)20-25(29(5,6)7)27(31(11,12)13)26(23)30(8,9)10/h14-18,20-21H,19H2,1-13H3. The maximum absolute atomic E-state index is 2.57. The van der Waals surface area contributed by atoms with Crippen molar-refractivity contribution >= 4 is 0 Å². The second kappa shape index (κ2) is 8.42. The molecule has 0 saturated heterocycles. The molecule has 0 fully saturated rings. The van der Waals surface area contributed by atoms with Gasteiger partial charge in [0.1, 0.15) is 0 Å². The second-order valence-electron chi connectivity index (χ2n) is 13.7. The first-order valence-electron chi connectivity index (χ1n) is 12.1. The van der Waals surface area contributed by atoms with Crippen molar-refractivity contribution in [3.05, 3.63) is 69.8 Å². The van der Waals surface area contributed by atoms with Crippen LogP contribution in [0.2, 0.25) is 0 Å². The summed E-state index contributed by atoms with van der Waals surface area (Å²) in [5.41, 5.74) is 9.57. The third kappa shape index (κ3) is 5.82. The molecule has 0 aliphatic rings. The van der Waals surface area contributed by atoms with E-state index in [1.54, 1.807) is 16.7 Å². The van der Waals surface area contributed by atoms with Crippen molar-refractivity contribution in [3.63, 3.8) is 0 Å². The molecule has 0 aromatic heterocycles. The lowest BCUT2D eigenvalue weighted by Crippen LogP contribution is -2.32. The smallest absolute Gasteiger partial charge is 0.0126 e. The van der Waals surface area contributed by atoms with E-state index in [2.05, 4.69) is 126 Å². The SMILES string of the molecule is CC(Cc1c(C(C)(C)C)cc(C(C)(C)C)c(C(C)(C)C)c1C(C)(C)C)c1ccccc1. The third-order valence-electron chi connectivity index (χ3n) is 6.43. The average molecular weight is 421 g/mol. The largest absolute Gasteiger partial charge is 0.0622 e. The molecule has 0 heteroatoms. The van der Waals surface area contributed by atoms with Crippen LogP contribution >= 0.6 is 0 Å². The van der Waals surface area contributed by atoms with Crippen LogP contribution in [0.4, 0.5) is 0 Å². The molecule has 2 aromatic rings. The minimum Gasteiger partial charge on any atom is -0.0622 e. The molecule has 0 spiro atoms. The molecule has 0 bridgehead atoms. The quantitative estimate of drug-likeness (QED) is 0.464. The van der Waals surface area contributed by atoms with E-state index in [0.29, 0.717) is 5.92 Å². The van der Waals surface area contributed by atoms with E-state index in [9.17, 15) is 0 Å². The zero-order chi connectivity index (χ0) is 24.0. The summed E-state index contributed by atoms with van der Waals surface area (Å²) in [5.74, 6) is 0.483. The van der Waals surface area contributed by atoms with E-state index in [-0.39, 0.29) is 21.7 Å². The van der Waals surface area contributed by atoms with E-state index in [1.165, 1.54) is 16.7 Å². The lowest BCUT2D eigenvalue weighted by atomic mass is 9.63. The number of rotatable bonds is 3. The Morgan fingerprint density at radius 2 is 1.03 bits per heavy atom. The molecule has 0 nitrogen and oxygen atoms in total. The van der Waals surface area contributed by atoms with Crippen molar-refractivity contribution in [1.29, 1.82) is 0 Å². The molecule has 2 aromatic carbocycles. The van der Waals surface area contributed by atoms with Crippen LogP contribution < -0.4 is 0 Å². The van der Waals surface area contributed by atoms with Gasteiger partial charge in [0.25, 0.3) is 0 Å². The maximum atomic E-state index is 2.57. The number of hydrogen-bond donors (Lipinski definition) is 0. The van der Waals surface area contributed by atoms with E-state index in [0.717, 1.165) is 6.42 Å². The van der Waals surface area contributed by atoms with E-state index < -0.39 is 0 Å². The minimum atomic E-state index is 0.0790. The Morgan fingerprint density at radius 3 is 1.42 bits per heavy atom. The van der Waals surface area contributed by atoms with Gasteiger partial charge < -0.3 is 0 Å². The Balaban J connectivity index is 2.98. The van der Waals surface area contributed by atoms with Crippen molar-refractivity contribution in [2.75, 3.05) is 0 Å². The molecule has 0 aliphatic carbocycles.